The molecule has 1 amide bonds. The average molecular weight is 353 g/mol. The number of carbonyl (C=O) groups excluding carboxylic acids is 1. The summed E-state index contributed by atoms with van der Waals surface area (Å²) in [4.78, 5) is 12.6. The molecule has 1 heterocycles. The molecule has 0 aromatic heterocycles. The van der Waals surface area contributed by atoms with Crippen molar-refractivity contribution >= 4 is 17.8 Å². The van der Waals surface area contributed by atoms with Crippen LogP contribution >= 0.6 is 0 Å². The number of aromatic hydroxyl groups is 1. The lowest BCUT2D eigenvalue weighted by Crippen LogP contribution is -2.23. The lowest BCUT2D eigenvalue weighted by Gasteiger charge is -2.12. The third kappa shape index (κ3) is 3.74. The van der Waals surface area contributed by atoms with E-state index in [1.807, 2.05) is 25.1 Å². The van der Waals surface area contributed by atoms with Crippen molar-refractivity contribution in [2.45, 2.75) is 19.8 Å². The molecule has 0 radical (unpaired) electrons. The number of hydrogen-bond acceptors (Lipinski definition) is 5. The van der Waals surface area contributed by atoms with Gasteiger partial charge >= 0.3 is 5.91 Å². The second-order valence-corrected chi connectivity index (χ2v) is 5.76. The van der Waals surface area contributed by atoms with Crippen molar-refractivity contribution in [3.8, 4) is 17.2 Å². The molecule has 6 heteroatoms. The molecule has 0 atom stereocenters. The monoisotopic (exact) mass is 353 g/mol. The van der Waals surface area contributed by atoms with Crippen LogP contribution < -0.4 is 9.47 Å². The second-order valence-electron chi connectivity index (χ2n) is 5.76. The van der Waals surface area contributed by atoms with Crippen LogP contribution in [0.2, 0.25) is 0 Å². The zero-order valence-electron chi connectivity index (χ0n) is 14.8. The fraction of sp³-hybridized carbons (Fsp3) is 0.250. The normalized spacial score (nSPS) is 13.6. The minimum Gasteiger partial charge on any atom is -0.508 e. The first-order valence-electron chi connectivity index (χ1n) is 8.47. The molecule has 1 aliphatic heterocycles. The first-order chi connectivity index (χ1) is 12.6. The van der Waals surface area contributed by atoms with Crippen molar-refractivity contribution in [2.75, 3.05) is 13.7 Å². The number of carbonyl (C=O) groups is 1. The fourth-order valence-electron chi connectivity index (χ4n) is 2.74. The molecular formula is C20H21N2O4+. The number of benzene rings is 2. The summed E-state index contributed by atoms with van der Waals surface area (Å²) < 4.78 is 12.3. The zero-order chi connectivity index (χ0) is 18.5. The number of nitrogens with zero attached hydrogens (tertiary/aromatic N) is 2. The third-order valence-corrected chi connectivity index (χ3v) is 4.03. The number of hydrogen-bond donors (Lipinski definition) is 1. The van der Waals surface area contributed by atoms with Crippen LogP contribution in [0.25, 0.3) is 0 Å². The Hall–Kier alpha value is -3.15. The standard InChI is InChI=1S/C20H20N2O4/c1-3-26-19-13-15(8-11-18(19)25-2)17-5-4-12-22(21-17)20(24)14-6-9-16(23)10-7-14/h6-13H,3-5H2,1-2H3/p+1. The van der Waals surface area contributed by atoms with Crippen LogP contribution in [-0.4, -0.2) is 41.3 Å². The molecule has 0 saturated heterocycles. The Morgan fingerprint density at radius 3 is 2.65 bits per heavy atom. The van der Waals surface area contributed by atoms with E-state index in [-0.39, 0.29) is 11.7 Å². The van der Waals surface area contributed by atoms with Gasteiger partial charge in [-0.3, -0.25) is 0 Å². The molecule has 1 aliphatic rings. The molecule has 26 heavy (non-hydrogen) atoms. The maximum atomic E-state index is 12.6. The van der Waals surface area contributed by atoms with Gasteiger partial charge in [0.2, 0.25) is 0 Å². The minimum atomic E-state index is -0.235. The Morgan fingerprint density at radius 2 is 1.96 bits per heavy atom. The molecule has 2 aromatic carbocycles. The van der Waals surface area contributed by atoms with E-state index in [2.05, 4.69) is 5.10 Å². The van der Waals surface area contributed by atoms with Crippen LogP contribution in [0.5, 0.6) is 17.2 Å². The maximum Gasteiger partial charge on any atom is 0.449 e. The summed E-state index contributed by atoms with van der Waals surface area (Å²) in [7, 11) is 1.60. The highest BCUT2D eigenvalue weighted by Crippen LogP contribution is 2.29. The van der Waals surface area contributed by atoms with E-state index in [1.165, 1.54) is 16.8 Å². The number of phenols is 1. The van der Waals surface area contributed by atoms with Gasteiger partial charge in [-0.1, -0.05) is 0 Å². The van der Waals surface area contributed by atoms with Gasteiger partial charge in [-0.15, -0.1) is 0 Å². The molecule has 0 spiro atoms. The van der Waals surface area contributed by atoms with Gasteiger partial charge in [0.25, 0.3) is 0 Å². The quantitative estimate of drug-likeness (QED) is 0.838. The average Bonchev–Trinajstić information content (AvgIpc) is 2.68. The second kappa shape index (κ2) is 7.82. The summed E-state index contributed by atoms with van der Waals surface area (Å²) in [5, 5.41) is 13.9. The van der Waals surface area contributed by atoms with Crippen LogP contribution in [0.15, 0.2) is 47.6 Å². The molecule has 0 unspecified atom stereocenters. The van der Waals surface area contributed by atoms with E-state index in [9.17, 15) is 9.90 Å². The number of hydrazone groups is 1. The van der Waals surface area contributed by atoms with Gasteiger partial charge in [-0.2, -0.15) is 0 Å². The van der Waals surface area contributed by atoms with E-state index < -0.39 is 0 Å². The van der Waals surface area contributed by atoms with Crippen LogP contribution in [0.3, 0.4) is 0 Å². The smallest absolute Gasteiger partial charge is 0.449 e. The van der Waals surface area contributed by atoms with Gasteiger partial charge in [-0.05, 0) is 54.1 Å². The van der Waals surface area contributed by atoms with Gasteiger partial charge in [0.05, 0.1) is 19.3 Å². The van der Waals surface area contributed by atoms with E-state index in [0.29, 0.717) is 30.1 Å². The molecule has 0 bridgehead atoms. The van der Waals surface area contributed by atoms with E-state index >= 15 is 0 Å². The zero-order valence-corrected chi connectivity index (χ0v) is 14.8. The summed E-state index contributed by atoms with van der Waals surface area (Å²) >= 11 is 0. The van der Waals surface area contributed by atoms with Gasteiger partial charge in [0, 0.05) is 23.5 Å². The fourth-order valence-corrected chi connectivity index (χ4v) is 2.74. The Kier molecular flexibility index (Phi) is 5.31. The Morgan fingerprint density at radius 1 is 1.19 bits per heavy atom. The van der Waals surface area contributed by atoms with E-state index in [4.69, 9.17) is 9.47 Å². The highest BCUT2D eigenvalue weighted by atomic mass is 16.5. The minimum absolute atomic E-state index is 0.120. The van der Waals surface area contributed by atoms with Gasteiger partial charge in [-0.25, -0.2) is 4.79 Å². The first-order valence-corrected chi connectivity index (χ1v) is 8.47. The summed E-state index contributed by atoms with van der Waals surface area (Å²) in [5.41, 5.74) is 2.17. The van der Waals surface area contributed by atoms with Crippen molar-refractivity contribution in [1.29, 1.82) is 0 Å². The van der Waals surface area contributed by atoms with E-state index in [1.54, 1.807) is 25.5 Å². The molecular weight excluding hydrogens is 332 g/mol. The van der Waals surface area contributed by atoms with E-state index in [0.717, 1.165) is 17.7 Å². The number of ether oxygens (including phenoxy) is 2. The number of phenolic OH excluding ortho intramolecular Hbond substituents is 1. The Balaban J connectivity index is 1.89. The molecule has 0 aliphatic carbocycles. The van der Waals surface area contributed by atoms with Crippen LogP contribution in [0.1, 0.15) is 35.7 Å². The van der Waals surface area contributed by atoms with Crippen LogP contribution in [0, 0.1) is 0 Å². The molecule has 1 N–H and O–H groups in total. The predicted octanol–water partition coefficient (Wildman–Crippen LogP) is 3.22. The lowest BCUT2D eigenvalue weighted by molar-refractivity contribution is -0.431. The summed E-state index contributed by atoms with van der Waals surface area (Å²) in [5.74, 6) is 1.20. The van der Waals surface area contributed by atoms with Crippen molar-refractivity contribution in [2.24, 2.45) is 5.10 Å². The summed E-state index contributed by atoms with van der Waals surface area (Å²) in [6, 6.07) is 11.8. The predicted molar refractivity (Wildman–Crippen MR) is 98.7 cm³/mol. The van der Waals surface area contributed by atoms with Crippen LogP contribution in [0.4, 0.5) is 0 Å². The molecule has 0 saturated carbocycles. The molecule has 2 aromatic rings. The van der Waals surface area contributed by atoms with Crippen molar-refractivity contribution in [1.82, 2.24) is 0 Å². The molecule has 6 nitrogen and oxygen atoms in total. The Labute approximate surface area is 152 Å². The van der Waals surface area contributed by atoms with Crippen molar-refractivity contribution in [3.05, 3.63) is 53.6 Å². The summed E-state index contributed by atoms with van der Waals surface area (Å²) in [6.45, 7) is 2.45. The number of amides is 1. The largest absolute Gasteiger partial charge is 0.508 e. The van der Waals surface area contributed by atoms with Gasteiger partial charge in [0.15, 0.2) is 17.7 Å². The number of rotatable bonds is 5. The SMILES string of the molecule is CCOc1cc(C2=N[N+](C(=O)c3ccc(O)cc3)=CCC2)ccc1OC. The topological polar surface area (TPSA) is 71.1 Å². The van der Waals surface area contributed by atoms with Gasteiger partial charge < -0.3 is 14.6 Å². The molecule has 134 valence electrons. The third-order valence-electron chi connectivity index (χ3n) is 4.03. The lowest BCUT2D eigenvalue weighted by atomic mass is 10.0. The van der Waals surface area contributed by atoms with Crippen molar-refractivity contribution in [3.63, 3.8) is 0 Å². The Bertz CT molecular complexity index is 870. The summed E-state index contributed by atoms with van der Waals surface area (Å²) in [6.07, 6.45) is 3.21. The molecule has 3 rings (SSSR count). The maximum absolute atomic E-state index is 12.6. The highest BCUT2D eigenvalue weighted by molar-refractivity contribution is 6.03. The first kappa shape index (κ1) is 17.7. The van der Waals surface area contributed by atoms with Gasteiger partial charge in [0.1, 0.15) is 11.5 Å². The number of methoxy groups -OCH3 is 1. The molecule has 0 fully saturated rings. The van der Waals surface area contributed by atoms with Crippen LogP contribution in [-0.2, 0) is 0 Å². The highest BCUT2D eigenvalue weighted by Gasteiger charge is 2.25. The van der Waals surface area contributed by atoms with Crippen molar-refractivity contribution < 1.29 is 24.1 Å².